The molecule has 0 saturated carbocycles. The monoisotopic (exact) mass is 356 g/mol. The molecule has 1 aliphatic rings. The van der Waals surface area contributed by atoms with Crippen molar-refractivity contribution in [3.8, 4) is 0 Å². The van der Waals surface area contributed by atoms with E-state index < -0.39 is 5.91 Å². The second-order valence-corrected chi connectivity index (χ2v) is 8.17. The molecule has 132 valence electrons. The number of nitrogens with one attached hydrogen (secondary N) is 1. The van der Waals surface area contributed by atoms with Gasteiger partial charge in [-0.3, -0.25) is 9.59 Å². The standard InChI is InChI=1S/C20H24N2O2S/c1-11-4-7-15-16(8-11)25-20(18(15)19(21)24)22-17(23)10-14-6-5-12(2)13(3)9-14/h5-6,9,11H,4,7-8,10H2,1-3H3,(H2,21,24)(H,22,23). The Morgan fingerprint density at radius 1 is 1.28 bits per heavy atom. The minimum absolute atomic E-state index is 0.114. The van der Waals surface area contributed by atoms with Crippen LogP contribution in [0.5, 0.6) is 0 Å². The summed E-state index contributed by atoms with van der Waals surface area (Å²) in [5, 5.41) is 3.54. The summed E-state index contributed by atoms with van der Waals surface area (Å²) in [6.07, 6.45) is 3.16. The van der Waals surface area contributed by atoms with Crippen molar-refractivity contribution in [3.05, 3.63) is 50.9 Å². The van der Waals surface area contributed by atoms with Gasteiger partial charge >= 0.3 is 0 Å². The van der Waals surface area contributed by atoms with E-state index in [1.165, 1.54) is 27.3 Å². The van der Waals surface area contributed by atoms with Crippen LogP contribution >= 0.6 is 11.3 Å². The fourth-order valence-corrected chi connectivity index (χ4v) is 4.80. The predicted molar refractivity (Wildman–Crippen MR) is 102 cm³/mol. The fourth-order valence-electron chi connectivity index (χ4n) is 3.37. The van der Waals surface area contributed by atoms with E-state index in [1.807, 2.05) is 25.1 Å². The van der Waals surface area contributed by atoms with Gasteiger partial charge in [0.2, 0.25) is 5.91 Å². The van der Waals surface area contributed by atoms with Gasteiger partial charge in [0.05, 0.1) is 12.0 Å². The zero-order chi connectivity index (χ0) is 18.1. The number of benzene rings is 1. The average molecular weight is 356 g/mol. The van der Waals surface area contributed by atoms with Gasteiger partial charge in [-0.25, -0.2) is 0 Å². The van der Waals surface area contributed by atoms with E-state index in [0.717, 1.165) is 30.4 Å². The van der Waals surface area contributed by atoms with Crippen LogP contribution in [0.4, 0.5) is 5.00 Å². The Labute approximate surface area is 152 Å². The third kappa shape index (κ3) is 3.76. The van der Waals surface area contributed by atoms with Crippen molar-refractivity contribution in [1.29, 1.82) is 0 Å². The molecule has 0 radical (unpaired) electrons. The number of hydrogen-bond donors (Lipinski definition) is 2. The Bertz CT molecular complexity index is 838. The summed E-state index contributed by atoms with van der Waals surface area (Å²) in [5.41, 5.74) is 10.5. The molecule has 3 rings (SSSR count). The molecule has 4 nitrogen and oxygen atoms in total. The first kappa shape index (κ1) is 17.7. The Hall–Kier alpha value is -2.14. The molecule has 0 spiro atoms. The van der Waals surface area contributed by atoms with E-state index in [9.17, 15) is 9.59 Å². The summed E-state index contributed by atoms with van der Waals surface area (Å²) in [6.45, 7) is 6.30. The highest BCUT2D eigenvalue weighted by Crippen LogP contribution is 2.39. The van der Waals surface area contributed by atoms with Gasteiger partial charge in [0.1, 0.15) is 5.00 Å². The first-order chi connectivity index (χ1) is 11.8. The topological polar surface area (TPSA) is 72.2 Å². The zero-order valence-electron chi connectivity index (χ0n) is 14.9. The van der Waals surface area contributed by atoms with E-state index in [-0.39, 0.29) is 12.3 Å². The number of fused-ring (bicyclic) bond motifs is 1. The molecule has 1 aromatic carbocycles. The Kier molecular flexibility index (Phi) is 4.95. The molecule has 1 atom stereocenters. The van der Waals surface area contributed by atoms with Gasteiger partial charge in [-0.2, -0.15) is 0 Å². The predicted octanol–water partition coefficient (Wildman–Crippen LogP) is 3.77. The summed E-state index contributed by atoms with van der Waals surface area (Å²) in [5.74, 6) is 0.0388. The van der Waals surface area contributed by atoms with Crippen LogP contribution in [-0.2, 0) is 24.1 Å². The van der Waals surface area contributed by atoms with E-state index in [4.69, 9.17) is 5.73 Å². The molecule has 2 amide bonds. The maximum absolute atomic E-state index is 12.5. The van der Waals surface area contributed by atoms with Gasteiger partial charge < -0.3 is 11.1 Å². The first-order valence-electron chi connectivity index (χ1n) is 8.65. The maximum atomic E-state index is 12.5. The van der Waals surface area contributed by atoms with Crippen LogP contribution in [0.3, 0.4) is 0 Å². The van der Waals surface area contributed by atoms with Crippen LogP contribution in [0.15, 0.2) is 18.2 Å². The lowest BCUT2D eigenvalue weighted by Crippen LogP contribution is -2.20. The number of hydrogen-bond acceptors (Lipinski definition) is 3. The van der Waals surface area contributed by atoms with Gasteiger partial charge in [0.15, 0.2) is 0 Å². The zero-order valence-corrected chi connectivity index (χ0v) is 15.8. The number of carbonyl (C=O) groups excluding carboxylic acids is 2. The van der Waals surface area contributed by atoms with E-state index in [0.29, 0.717) is 16.5 Å². The van der Waals surface area contributed by atoms with Crippen molar-refractivity contribution < 1.29 is 9.59 Å². The van der Waals surface area contributed by atoms with Crippen LogP contribution in [0, 0.1) is 19.8 Å². The number of thiophene rings is 1. The summed E-state index contributed by atoms with van der Waals surface area (Å²) >= 11 is 1.51. The molecule has 1 aliphatic carbocycles. The second-order valence-electron chi connectivity index (χ2n) is 7.06. The second kappa shape index (κ2) is 7.00. The van der Waals surface area contributed by atoms with Gasteiger partial charge in [0.25, 0.3) is 5.91 Å². The van der Waals surface area contributed by atoms with E-state index in [2.05, 4.69) is 19.2 Å². The highest BCUT2D eigenvalue weighted by Gasteiger charge is 2.27. The lowest BCUT2D eigenvalue weighted by molar-refractivity contribution is -0.115. The minimum Gasteiger partial charge on any atom is -0.365 e. The van der Waals surface area contributed by atoms with Crippen LogP contribution in [0.2, 0.25) is 0 Å². The quantitative estimate of drug-likeness (QED) is 0.875. The lowest BCUT2D eigenvalue weighted by atomic mass is 9.88. The molecular weight excluding hydrogens is 332 g/mol. The van der Waals surface area contributed by atoms with Crippen molar-refractivity contribution in [2.45, 2.75) is 46.5 Å². The van der Waals surface area contributed by atoms with Crippen LogP contribution < -0.4 is 11.1 Å². The fraction of sp³-hybridized carbons (Fsp3) is 0.400. The minimum atomic E-state index is -0.450. The molecule has 0 bridgehead atoms. The van der Waals surface area contributed by atoms with Gasteiger partial charge in [-0.05, 0) is 61.3 Å². The van der Waals surface area contributed by atoms with Crippen molar-refractivity contribution in [3.63, 3.8) is 0 Å². The van der Waals surface area contributed by atoms with Crippen molar-refractivity contribution >= 4 is 28.2 Å². The molecule has 0 saturated heterocycles. The van der Waals surface area contributed by atoms with E-state index in [1.54, 1.807) is 0 Å². The van der Waals surface area contributed by atoms with Crippen molar-refractivity contribution in [1.82, 2.24) is 0 Å². The Morgan fingerprint density at radius 2 is 2.04 bits per heavy atom. The Morgan fingerprint density at radius 3 is 2.72 bits per heavy atom. The highest BCUT2D eigenvalue weighted by atomic mass is 32.1. The molecule has 5 heteroatoms. The summed E-state index contributed by atoms with van der Waals surface area (Å²) < 4.78 is 0. The number of amides is 2. The maximum Gasteiger partial charge on any atom is 0.251 e. The number of primary amides is 1. The lowest BCUT2D eigenvalue weighted by Gasteiger charge is -2.18. The summed E-state index contributed by atoms with van der Waals surface area (Å²) in [7, 11) is 0. The largest absolute Gasteiger partial charge is 0.365 e. The van der Waals surface area contributed by atoms with Crippen LogP contribution in [0.25, 0.3) is 0 Å². The van der Waals surface area contributed by atoms with Gasteiger partial charge in [-0.1, -0.05) is 25.1 Å². The molecule has 0 aliphatic heterocycles. The third-order valence-electron chi connectivity index (χ3n) is 4.95. The average Bonchev–Trinajstić information content (AvgIpc) is 2.87. The molecule has 2 aromatic rings. The number of carbonyl (C=O) groups is 2. The van der Waals surface area contributed by atoms with Crippen molar-refractivity contribution in [2.75, 3.05) is 5.32 Å². The van der Waals surface area contributed by atoms with Gasteiger partial charge in [0, 0.05) is 4.88 Å². The molecule has 1 unspecified atom stereocenters. The highest BCUT2D eigenvalue weighted by molar-refractivity contribution is 7.17. The summed E-state index contributed by atoms with van der Waals surface area (Å²) in [4.78, 5) is 25.6. The number of aryl methyl sites for hydroxylation is 2. The molecular formula is C20H24N2O2S. The van der Waals surface area contributed by atoms with E-state index >= 15 is 0 Å². The molecule has 0 fully saturated rings. The Balaban J connectivity index is 1.81. The smallest absolute Gasteiger partial charge is 0.251 e. The number of anilines is 1. The SMILES string of the molecule is Cc1ccc(CC(=O)Nc2sc3c(c2C(N)=O)CCC(C)C3)cc1C. The van der Waals surface area contributed by atoms with Crippen LogP contribution in [0.1, 0.15) is 50.8 Å². The number of rotatable bonds is 4. The van der Waals surface area contributed by atoms with Crippen molar-refractivity contribution in [2.24, 2.45) is 11.7 Å². The molecule has 3 N–H and O–H groups in total. The molecule has 25 heavy (non-hydrogen) atoms. The normalized spacial score (nSPS) is 16.4. The molecule has 1 heterocycles. The summed E-state index contributed by atoms with van der Waals surface area (Å²) in [6, 6.07) is 6.03. The number of nitrogens with two attached hydrogens (primary N) is 1. The molecule has 1 aromatic heterocycles. The van der Waals surface area contributed by atoms with Gasteiger partial charge in [-0.15, -0.1) is 11.3 Å². The first-order valence-corrected chi connectivity index (χ1v) is 9.47. The third-order valence-corrected chi connectivity index (χ3v) is 6.12. The van der Waals surface area contributed by atoms with Crippen LogP contribution in [-0.4, -0.2) is 11.8 Å².